The molecule has 2 aliphatic heterocycles. The Morgan fingerprint density at radius 1 is 1.25 bits per heavy atom. The van der Waals surface area contributed by atoms with Crippen molar-refractivity contribution in [3.05, 3.63) is 48.0 Å². The van der Waals surface area contributed by atoms with Crippen molar-refractivity contribution in [1.82, 2.24) is 10.3 Å². The fourth-order valence-electron chi connectivity index (χ4n) is 3.06. The van der Waals surface area contributed by atoms with E-state index in [9.17, 15) is 14.4 Å². The fraction of sp³-hybridized carbons (Fsp3) is 0.263. The normalized spacial score (nSPS) is 18.1. The SMILES string of the molecule is O=C1COc2ccc(N3C[C@H](NC(=O)OCc4ccccc4)CC3=O)nc2N1. The molecule has 2 N–H and O–H groups in total. The predicted molar refractivity (Wildman–Crippen MR) is 98.9 cm³/mol. The van der Waals surface area contributed by atoms with Crippen LogP contribution in [-0.2, 0) is 20.9 Å². The number of anilines is 2. The van der Waals surface area contributed by atoms with Crippen LogP contribution < -0.4 is 20.3 Å². The highest BCUT2D eigenvalue weighted by Crippen LogP contribution is 2.30. The highest BCUT2D eigenvalue weighted by molar-refractivity contribution is 5.97. The van der Waals surface area contributed by atoms with Crippen LogP contribution in [0.5, 0.6) is 5.75 Å². The predicted octanol–water partition coefficient (Wildman–Crippen LogP) is 1.44. The van der Waals surface area contributed by atoms with Gasteiger partial charge in [-0.3, -0.25) is 14.5 Å². The number of rotatable bonds is 4. The van der Waals surface area contributed by atoms with Crippen molar-refractivity contribution in [3.8, 4) is 5.75 Å². The van der Waals surface area contributed by atoms with Crippen LogP contribution in [0.1, 0.15) is 12.0 Å². The number of nitrogens with zero attached hydrogens (tertiary/aromatic N) is 2. The molecule has 28 heavy (non-hydrogen) atoms. The summed E-state index contributed by atoms with van der Waals surface area (Å²) >= 11 is 0. The number of alkyl carbamates (subject to hydrolysis) is 1. The number of benzene rings is 1. The van der Waals surface area contributed by atoms with Gasteiger partial charge in [0.2, 0.25) is 5.91 Å². The molecular weight excluding hydrogens is 364 g/mol. The molecule has 9 nitrogen and oxygen atoms in total. The number of hydrogen-bond donors (Lipinski definition) is 2. The second-order valence-electron chi connectivity index (χ2n) is 6.46. The van der Waals surface area contributed by atoms with Crippen LogP contribution in [0.25, 0.3) is 0 Å². The molecule has 3 amide bonds. The van der Waals surface area contributed by atoms with Gasteiger partial charge in [-0.05, 0) is 17.7 Å². The van der Waals surface area contributed by atoms with Crippen molar-refractivity contribution in [3.63, 3.8) is 0 Å². The summed E-state index contributed by atoms with van der Waals surface area (Å²) in [6.45, 7) is 0.358. The Bertz CT molecular complexity index is 918. The molecule has 9 heteroatoms. The first-order valence-electron chi connectivity index (χ1n) is 8.80. The monoisotopic (exact) mass is 382 g/mol. The minimum absolute atomic E-state index is 0.0617. The van der Waals surface area contributed by atoms with E-state index in [0.717, 1.165) is 5.56 Å². The Morgan fingerprint density at radius 3 is 2.89 bits per heavy atom. The van der Waals surface area contributed by atoms with E-state index in [1.54, 1.807) is 12.1 Å². The smallest absolute Gasteiger partial charge is 0.407 e. The second kappa shape index (κ2) is 7.55. The van der Waals surface area contributed by atoms with E-state index in [0.29, 0.717) is 11.6 Å². The summed E-state index contributed by atoms with van der Waals surface area (Å²) in [5.74, 6) is 0.639. The number of aromatic nitrogens is 1. The summed E-state index contributed by atoms with van der Waals surface area (Å²) in [7, 11) is 0. The third-order valence-corrected chi connectivity index (χ3v) is 4.40. The molecule has 2 aliphatic rings. The van der Waals surface area contributed by atoms with Gasteiger partial charge in [-0.25, -0.2) is 9.78 Å². The zero-order valence-electron chi connectivity index (χ0n) is 14.9. The first-order valence-corrected chi connectivity index (χ1v) is 8.80. The van der Waals surface area contributed by atoms with Gasteiger partial charge in [0.25, 0.3) is 5.91 Å². The van der Waals surface area contributed by atoms with Gasteiger partial charge >= 0.3 is 6.09 Å². The van der Waals surface area contributed by atoms with E-state index in [2.05, 4.69) is 15.6 Å². The molecule has 1 aromatic carbocycles. The first-order chi connectivity index (χ1) is 13.6. The third-order valence-electron chi connectivity index (χ3n) is 4.40. The van der Waals surface area contributed by atoms with Crippen LogP contribution in [0.2, 0.25) is 0 Å². The summed E-state index contributed by atoms with van der Waals surface area (Å²) in [5, 5.41) is 5.31. The molecule has 1 fully saturated rings. The zero-order valence-corrected chi connectivity index (χ0v) is 14.9. The fourth-order valence-corrected chi connectivity index (χ4v) is 3.06. The topological polar surface area (TPSA) is 110 Å². The number of amides is 3. The van der Waals surface area contributed by atoms with Gasteiger partial charge in [0.1, 0.15) is 12.4 Å². The lowest BCUT2D eigenvalue weighted by Gasteiger charge is -2.21. The largest absolute Gasteiger partial charge is 0.480 e. The third kappa shape index (κ3) is 3.88. The van der Waals surface area contributed by atoms with E-state index in [-0.39, 0.29) is 49.9 Å². The van der Waals surface area contributed by atoms with E-state index >= 15 is 0 Å². The average molecular weight is 382 g/mol. The minimum Gasteiger partial charge on any atom is -0.480 e. The number of pyridine rings is 1. The maximum Gasteiger partial charge on any atom is 0.407 e. The molecule has 0 saturated carbocycles. The lowest BCUT2D eigenvalue weighted by Crippen LogP contribution is -2.37. The maximum atomic E-state index is 12.4. The van der Waals surface area contributed by atoms with E-state index in [1.165, 1.54) is 4.90 Å². The van der Waals surface area contributed by atoms with Gasteiger partial charge in [-0.2, -0.15) is 0 Å². The maximum absolute atomic E-state index is 12.4. The van der Waals surface area contributed by atoms with Crippen LogP contribution in [-0.4, -0.2) is 42.1 Å². The van der Waals surface area contributed by atoms with Crippen LogP contribution in [0.15, 0.2) is 42.5 Å². The zero-order chi connectivity index (χ0) is 19.5. The lowest BCUT2D eigenvalue weighted by molar-refractivity contribution is -0.118. The summed E-state index contributed by atoms with van der Waals surface area (Å²) < 4.78 is 10.5. The molecule has 0 unspecified atom stereocenters. The van der Waals surface area contributed by atoms with Gasteiger partial charge in [-0.15, -0.1) is 0 Å². The highest BCUT2D eigenvalue weighted by Gasteiger charge is 2.33. The Kier molecular flexibility index (Phi) is 4.79. The molecule has 1 saturated heterocycles. The molecule has 2 aromatic rings. The van der Waals surface area contributed by atoms with E-state index in [4.69, 9.17) is 9.47 Å². The molecule has 144 valence electrons. The molecule has 0 bridgehead atoms. The van der Waals surface area contributed by atoms with E-state index < -0.39 is 6.09 Å². The molecule has 0 spiro atoms. The Morgan fingerprint density at radius 2 is 2.07 bits per heavy atom. The number of carbonyl (C=O) groups is 3. The van der Waals surface area contributed by atoms with Crippen LogP contribution in [0.3, 0.4) is 0 Å². The van der Waals surface area contributed by atoms with Crippen molar-refractivity contribution in [2.45, 2.75) is 19.1 Å². The van der Waals surface area contributed by atoms with Gasteiger partial charge in [0.15, 0.2) is 18.2 Å². The lowest BCUT2D eigenvalue weighted by atomic mass is 10.2. The number of nitrogens with one attached hydrogen (secondary N) is 2. The van der Waals surface area contributed by atoms with Crippen LogP contribution in [0.4, 0.5) is 16.4 Å². The van der Waals surface area contributed by atoms with Crippen LogP contribution in [0, 0.1) is 0 Å². The molecular formula is C19H18N4O5. The molecule has 0 aliphatic carbocycles. The number of ether oxygens (including phenoxy) is 2. The molecule has 4 rings (SSSR count). The highest BCUT2D eigenvalue weighted by atomic mass is 16.5. The van der Waals surface area contributed by atoms with Gasteiger partial charge < -0.3 is 20.1 Å². The van der Waals surface area contributed by atoms with Crippen molar-refractivity contribution in [1.29, 1.82) is 0 Å². The van der Waals surface area contributed by atoms with Crippen molar-refractivity contribution in [2.24, 2.45) is 0 Å². The second-order valence-corrected chi connectivity index (χ2v) is 6.46. The summed E-state index contributed by atoms with van der Waals surface area (Å²) in [4.78, 5) is 41.6. The average Bonchev–Trinajstić information content (AvgIpc) is 3.06. The minimum atomic E-state index is -0.581. The van der Waals surface area contributed by atoms with Crippen molar-refractivity contribution < 1.29 is 23.9 Å². The van der Waals surface area contributed by atoms with Gasteiger partial charge in [0.05, 0.1) is 6.04 Å². The standard InChI is InChI=1S/C19H18N4O5/c24-16-11-27-14-6-7-15(21-18(14)22-16)23-9-13(8-17(23)25)20-19(26)28-10-12-4-2-1-3-5-12/h1-7,13H,8-11H2,(H,20,26)(H,21,22,24)/t13-/m1/s1. The van der Waals surface area contributed by atoms with Gasteiger partial charge in [-0.1, -0.05) is 30.3 Å². The van der Waals surface area contributed by atoms with Crippen molar-refractivity contribution >= 4 is 29.5 Å². The van der Waals surface area contributed by atoms with Crippen LogP contribution >= 0.6 is 0 Å². The Balaban J connectivity index is 1.35. The molecule has 0 radical (unpaired) electrons. The quantitative estimate of drug-likeness (QED) is 0.828. The molecule has 1 aromatic heterocycles. The molecule has 3 heterocycles. The first kappa shape index (κ1) is 17.8. The summed E-state index contributed by atoms with van der Waals surface area (Å²) in [5.41, 5.74) is 0.879. The Labute approximate surface area is 160 Å². The molecule has 1 atom stereocenters. The van der Waals surface area contributed by atoms with E-state index in [1.807, 2.05) is 30.3 Å². The number of hydrogen-bond acceptors (Lipinski definition) is 6. The van der Waals surface area contributed by atoms with Gasteiger partial charge in [0, 0.05) is 13.0 Å². The summed E-state index contributed by atoms with van der Waals surface area (Å²) in [6, 6.07) is 12.2. The number of fused-ring (bicyclic) bond motifs is 1. The number of carbonyl (C=O) groups excluding carboxylic acids is 3. The van der Waals surface area contributed by atoms with Crippen molar-refractivity contribution in [2.75, 3.05) is 23.4 Å². The Hall–Kier alpha value is -3.62. The summed E-state index contributed by atoms with van der Waals surface area (Å²) in [6.07, 6.45) is -0.440.